The van der Waals surface area contributed by atoms with Crippen LogP contribution in [-0.2, 0) is 10.7 Å². The maximum absolute atomic E-state index is 13.8. The lowest BCUT2D eigenvalue weighted by molar-refractivity contribution is -0.114. The summed E-state index contributed by atoms with van der Waals surface area (Å²) in [5, 5.41) is 18.1. The number of amides is 1. The average molecular weight is 417 g/mol. The summed E-state index contributed by atoms with van der Waals surface area (Å²) in [5.74, 6) is -2.65. The first kappa shape index (κ1) is 20.1. The molecule has 158 valence electrons. The van der Waals surface area contributed by atoms with E-state index in [1.54, 1.807) is 19.2 Å². The minimum Gasteiger partial charge on any atom is -0.388 e. The number of fused-ring (bicyclic) bond motifs is 1. The third-order valence-corrected chi connectivity index (χ3v) is 4.88. The number of halogens is 2. The van der Waals surface area contributed by atoms with Gasteiger partial charge in [-0.05, 0) is 19.4 Å². The monoisotopic (exact) mass is 417 g/mol. The zero-order valence-electron chi connectivity index (χ0n) is 16.7. The molecule has 4 rings (SSSR count). The molecule has 0 spiro atoms. The second-order valence-electron chi connectivity index (χ2n) is 7.80. The van der Waals surface area contributed by atoms with Gasteiger partial charge in [-0.1, -0.05) is 0 Å². The van der Waals surface area contributed by atoms with Crippen LogP contribution in [0.3, 0.4) is 0 Å². The third-order valence-electron chi connectivity index (χ3n) is 4.88. The summed E-state index contributed by atoms with van der Waals surface area (Å²) >= 11 is 0. The van der Waals surface area contributed by atoms with Crippen LogP contribution in [0.25, 0.3) is 16.9 Å². The molecule has 30 heavy (non-hydrogen) atoms. The van der Waals surface area contributed by atoms with Crippen LogP contribution in [0, 0.1) is 0 Å². The highest BCUT2D eigenvalue weighted by Gasteiger charge is 2.34. The van der Waals surface area contributed by atoms with Gasteiger partial charge in [-0.15, -0.1) is 5.10 Å². The van der Waals surface area contributed by atoms with Crippen molar-refractivity contribution >= 4 is 28.4 Å². The molecule has 1 fully saturated rings. The number of pyridine rings is 1. The molecule has 9 nitrogen and oxygen atoms in total. The van der Waals surface area contributed by atoms with Crippen LogP contribution < -0.4 is 10.2 Å². The molecule has 4 heterocycles. The number of carbonyl (C=O) groups is 1. The van der Waals surface area contributed by atoms with Crippen molar-refractivity contribution in [1.82, 2.24) is 24.7 Å². The number of carbonyl (C=O) groups excluding carboxylic acids is 1. The topological polar surface area (TPSA) is 109 Å². The summed E-state index contributed by atoms with van der Waals surface area (Å²) < 4.78 is 28.9. The van der Waals surface area contributed by atoms with E-state index in [-0.39, 0.29) is 17.7 Å². The summed E-state index contributed by atoms with van der Waals surface area (Å²) in [4.78, 5) is 25.7. The fraction of sp³-hybridized carbons (Fsp3) is 0.421. The van der Waals surface area contributed by atoms with Gasteiger partial charge >= 0.3 is 0 Å². The number of β-amino-alcohol motifs (C(OH)–C–C–N with tert-alkyl or cyclic N) is 1. The van der Waals surface area contributed by atoms with Crippen LogP contribution in [-0.4, -0.2) is 54.4 Å². The van der Waals surface area contributed by atoms with Crippen LogP contribution in [0.5, 0.6) is 0 Å². The number of rotatable bonds is 4. The molecule has 3 aromatic heterocycles. The van der Waals surface area contributed by atoms with Crippen molar-refractivity contribution in [1.29, 1.82) is 0 Å². The highest BCUT2D eigenvalue weighted by atomic mass is 19.3. The molecular formula is C19H21F2N7O2. The Morgan fingerprint density at radius 3 is 2.77 bits per heavy atom. The van der Waals surface area contributed by atoms with E-state index in [2.05, 4.69) is 25.4 Å². The Hall–Kier alpha value is -3.21. The van der Waals surface area contributed by atoms with Gasteiger partial charge in [0, 0.05) is 45.4 Å². The lowest BCUT2D eigenvalue weighted by Crippen LogP contribution is -2.29. The maximum Gasteiger partial charge on any atom is 0.287 e. The van der Waals surface area contributed by atoms with E-state index >= 15 is 0 Å². The molecule has 3 aromatic rings. The second kappa shape index (κ2) is 6.94. The Labute approximate surface area is 170 Å². The van der Waals surface area contributed by atoms with Gasteiger partial charge in [0.25, 0.3) is 11.9 Å². The van der Waals surface area contributed by atoms with Crippen LogP contribution in [0.1, 0.15) is 32.9 Å². The molecular weight excluding hydrogens is 396 g/mol. The first-order chi connectivity index (χ1) is 14.0. The Morgan fingerprint density at radius 2 is 2.13 bits per heavy atom. The molecule has 1 atom stereocenters. The zero-order chi connectivity index (χ0) is 21.7. The molecule has 11 heteroatoms. The van der Waals surface area contributed by atoms with Gasteiger partial charge in [0.1, 0.15) is 11.5 Å². The summed E-state index contributed by atoms with van der Waals surface area (Å²) in [6, 6.07) is 2.74. The third kappa shape index (κ3) is 3.80. The lowest BCUT2D eigenvalue weighted by atomic mass is 10.1. The van der Waals surface area contributed by atoms with Crippen molar-refractivity contribution in [2.45, 2.75) is 38.7 Å². The first-order valence-corrected chi connectivity index (χ1v) is 9.39. The minimum atomic E-state index is -3.14. The molecule has 1 unspecified atom stereocenters. The van der Waals surface area contributed by atoms with Crippen molar-refractivity contribution in [3.63, 3.8) is 0 Å². The Morgan fingerprint density at radius 1 is 1.37 bits per heavy atom. The summed E-state index contributed by atoms with van der Waals surface area (Å²) in [5.41, 5.74) is -0.801. The van der Waals surface area contributed by atoms with Gasteiger partial charge in [-0.25, -0.2) is 15.0 Å². The minimum absolute atomic E-state index is 0.0313. The quantitative estimate of drug-likeness (QED) is 0.670. The molecule has 1 amide bonds. The van der Waals surface area contributed by atoms with Crippen molar-refractivity contribution in [2.24, 2.45) is 0 Å². The van der Waals surface area contributed by atoms with Crippen LogP contribution in [0.2, 0.25) is 0 Å². The van der Waals surface area contributed by atoms with Crippen molar-refractivity contribution in [2.75, 3.05) is 23.3 Å². The number of nitrogens with zero attached hydrogens (tertiary/aromatic N) is 6. The molecule has 0 aliphatic carbocycles. The first-order valence-electron chi connectivity index (χ1n) is 9.39. The zero-order valence-corrected chi connectivity index (χ0v) is 16.7. The number of aliphatic hydroxyl groups is 1. The van der Waals surface area contributed by atoms with E-state index in [1.165, 1.54) is 17.8 Å². The molecule has 0 aromatic carbocycles. The van der Waals surface area contributed by atoms with Crippen molar-refractivity contribution in [3.05, 3.63) is 30.2 Å². The van der Waals surface area contributed by atoms with Gasteiger partial charge in [-0.2, -0.15) is 13.5 Å². The average Bonchev–Trinajstić information content (AvgIpc) is 3.20. The van der Waals surface area contributed by atoms with E-state index in [0.29, 0.717) is 36.2 Å². The van der Waals surface area contributed by atoms with E-state index in [4.69, 9.17) is 0 Å². The van der Waals surface area contributed by atoms with Gasteiger partial charge in [0.2, 0.25) is 5.91 Å². The van der Waals surface area contributed by atoms with Gasteiger partial charge in [0.15, 0.2) is 5.82 Å². The standard InChI is InChI=1S/C19H21F2N7O2/c1-11(29)24-15-8-13-12(9-23-15)16(27-7-5-18(2,30)10-27)26-28(13)17-22-6-4-14(25-17)19(3,20)21/h4,6,8-9,30H,5,7,10H2,1-3H3,(H,23,24,29). The smallest absolute Gasteiger partial charge is 0.287 e. The van der Waals surface area contributed by atoms with Gasteiger partial charge in [-0.3, -0.25) is 4.79 Å². The normalized spacial score (nSPS) is 19.5. The van der Waals surface area contributed by atoms with E-state index < -0.39 is 17.2 Å². The highest BCUT2D eigenvalue weighted by molar-refractivity contribution is 5.95. The summed E-state index contributed by atoms with van der Waals surface area (Å²) in [6.45, 7) is 4.80. The molecule has 1 aliphatic heterocycles. The van der Waals surface area contributed by atoms with Crippen LogP contribution in [0.15, 0.2) is 24.5 Å². The number of aromatic nitrogens is 5. The van der Waals surface area contributed by atoms with E-state index in [1.807, 2.05) is 4.90 Å². The van der Waals surface area contributed by atoms with Gasteiger partial charge < -0.3 is 15.3 Å². The summed E-state index contributed by atoms with van der Waals surface area (Å²) in [7, 11) is 0. The lowest BCUT2D eigenvalue weighted by Gasteiger charge is -2.18. The molecule has 0 radical (unpaired) electrons. The summed E-state index contributed by atoms with van der Waals surface area (Å²) in [6.07, 6.45) is 3.36. The maximum atomic E-state index is 13.8. The molecule has 0 saturated carbocycles. The molecule has 1 aliphatic rings. The van der Waals surface area contributed by atoms with Gasteiger partial charge in [0.05, 0.1) is 16.5 Å². The highest BCUT2D eigenvalue weighted by Crippen LogP contribution is 2.33. The van der Waals surface area contributed by atoms with Crippen molar-refractivity contribution < 1.29 is 18.7 Å². The largest absolute Gasteiger partial charge is 0.388 e. The predicted molar refractivity (Wildman–Crippen MR) is 106 cm³/mol. The molecule has 2 N–H and O–H groups in total. The number of nitrogens with one attached hydrogen (secondary N) is 1. The van der Waals surface area contributed by atoms with E-state index in [9.17, 15) is 18.7 Å². The van der Waals surface area contributed by atoms with E-state index in [0.717, 1.165) is 13.0 Å². The Bertz CT molecular complexity index is 1120. The molecule has 0 bridgehead atoms. The number of hydrogen-bond donors (Lipinski definition) is 2. The second-order valence-corrected chi connectivity index (χ2v) is 7.80. The Kier molecular flexibility index (Phi) is 4.64. The van der Waals surface area contributed by atoms with Crippen LogP contribution >= 0.6 is 0 Å². The SMILES string of the molecule is CC(=O)Nc1cc2c(cn1)c(N1CCC(C)(O)C1)nn2-c1nccc(C(C)(F)F)n1. The number of anilines is 2. The van der Waals surface area contributed by atoms with Crippen LogP contribution in [0.4, 0.5) is 20.4 Å². The number of alkyl halides is 2. The van der Waals surface area contributed by atoms with Crippen molar-refractivity contribution in [3.8, 4) is 5.95 Å². The number of hydrogen-bond acceptors (Lipinski definition) is 7. The fourth-order valence-electron chi connectivity index (χ4n) is 3.45. The Balaban J connectivity index is 1.88. The predicted octanol–water partition coefficient (Wildman–Crippen LogP) is 2.24. The molecule has 1 saturated heterocycles. The fourth-order valence-corrected chi connectivity index (χ4v) is 3.45.